The van der Waals surface area contributed by atoms with Crippen LogP contribution in [0.4, 0.5) is 0 Å². The van der Waals surface area contributed by atoms with Gasteiger partial charge in [-0.25, -0.2) is 0 Å². The summed E-state index contributed by atoms with van der Waals surface area (Å²) >= 11 is 1.95. The van der Waals surface area contributed by atoms with Gasteiger partial charge in [0.15, 0.2) is 0 Å². The first kappa shape index (κ1) is 18.1. The zero-order valence-corrected chi connectivity index (χ0v) is 14.2. The van der Waals surface area contributed by atoms with Crippen molar-refractivity contribution in [3.8, 4) is 0 Å². The molecule has 1 saturated carbocycles. The second kappa shape index (κ2) is 9.91. The Morgan fingerprint density at radius 2 is 2.05 bits per heavy atom. The summed E-state index contributed by atoms with van der Waals surface area (Å²) in [6.45, 7) is 3.31. The van der Waals surface area contributed by atoms with E-state index in [1.165, 1.54) is 44.3 Å². The van der Waals surface area contributed by atoms with Crippen LogP contribution in [0.2, 0.25) is 0 Å². The van der Waals surface area contributed by atoms with E-state index in [-0.39, 0.29) is 18.3 Å². The smallest absolute Gasteiger partial charge is 0.221 e. The first-order valence-electron chi connectivity index (χ1n) is 7.88. The van der Waals surface area contributed by atoms with E-state index in [4.69, 9.17) is 0 Å². The number of hydrogen-bond acceptors (Lipinski definition) is 3. The molecular formula is C15H29ClN2OS. The van der Waals surface area contributed by atoms with Crippen molar-refractivity contribution in [2.45, 2.75) is 64.0 Å². The Kier molecular flexibility index (Phi) is 8.98. The Morgan fingerprint density at radius 1 is 1.30 bits per heavy atom. The molecule has 2 aliphatic rings. The molecule has 2 N–H and O–H groups in total. The monoisotopic (exact) mass is 320 g/mol. The molecule has 2 rings (SSSR count). The minimum atomic E-state index is 0. The highest BCUT2D eigenvalue weighted by Gasteiger charge is 2.23. The molecule has 2 fully saturated rings. The van der Waals surface area contributed by atoms with Crippen molar-refractivity contribution in [1.82, 2.24) is 10.6 Å². The molecule has 1 aliphatic heterocycles. The average molecular weight is 321 g/mol. The molecule has 1 amide bonds. The number of hydrogen-bond donors (Lipinski definition) is 2. The van der Waals surface area contributed by atoms with Gasteiger partial charge in [0.25, 0.3) is 0 Å². The van der Waals surface area contributed by atoms with Crippen molar-refractivity contribution in [1.29, 1.82) is 0 Å². The standard InChI is InChI=1S/C15H28N2OS.ClH/c1-2-3-12-4-6-13(7-5-12)17-15(18)10-14-11-19-9-8-16-14;/h12-14,16H,2-11H2,1H3,(H,17,18);1H. The van der Waals surface area contributed by atoms with Crippen LogP contribution >= 0.6 is 24.2 Å². The summed E-state index contributed by atoms with van der Waals surface area (Å²) in [6, 6.07) is 0.826. The quantitative estimate of drug-likeness (QED) is 0.818. The molecule has 20 heavy (non-hydrogen) atoms. The van der Waals surface area contributed by atoms with E-state index in [0.717, 1.165) is 18.2 Å². The first-order chi connectivity index (χ1) is 9.28. The average Bonchev–Trinajstić information content (AvgIpc) is 2.42. The molecule has 0 bridgehead atoms. The lowest BCUT2D eigenvalue weighted by Crippen LogP contribution is -2.44. The highest BCUT2D eigenvalue weighted by Crippen LogP contribution is 2.27. The predicted molar refractivity (Wildman–Crippen MR) is 89.8 cm³/mol. The van der Waals surface area contributed by atoms with Gasteiger partial charge in [0, 0.05) is 36.6 Å². The third kappa shape index (κ3) is 6.23. The Morgan fingerprint density at radius 3 is 2.65 bits per heavy atom. The molecule has 1 atom stereocenters. The number of amides is 1. The maximum Gasteiger partial charge on any atom is 0.221 e. The van der Waals surface area contributed by atoms with Gasteiger partial charge in [-0.1, -0.05) is 19.8 Å². The predicted octanol–water partition coefficient (Wildman–Crippen LogP) is 2.98. The molecule has 1 unspecified atom stereocenters. The zero-order chi connectivity index (χ0) is 13.5. The van der Waals surface area contributed by atoms with Crippen molar-refractivity contribution in [2.75, 3.05) is 18.1 Å². The van der Waals surface area contributed by atoms with Gasteiger partial charge in [-0.2, -0.15) is 11.8 Å². The van der Waals surface area contributed by atoms with E-state index in [1.807, 2.05) is 11.8 Å². The highest BCUT2D eigenvalue weighted by molar-refractivity contribution is 7.99. The molecule has 0 aromatic heterocycles. The van der Waals surface area contributed by atoms with E-state index in [0.29, 0.717) is 18.5 Å². The molecule has 118 valence electrons. The largest absolute Gasteiger partial charge is 0.353 e. The number of halogens is 1. The molecule has 0 radical (unpaired) electrons. The lowest BCUT2D eigenvalue weighted by Gasteiger charge is -2.30. The van der Waals surface area contributed by atoms with Crippen LogP contribution in [-0.4, -0.2) is 36.0 Å². The Hall–Kier alpha value is 0.0700. The lowest BCUT2D eigenvalue weighted by atomic mass is 9.83. The molecular weight excluding hydrogens is 292 g/mol. The normalized spacial score (nSPS) is 30.4. The summed E-state index contributed by atoms with van der Waals surface area (Å²) in [7, 11) is 0. The van der Waals surface area contributed by atoms with Crippen LogP contribution in [0.15, 0.2) is 0 Å². The van der Waals surface area contributed by atoms with Crippen LogP contribution in [0.3, 0.4) is 0 Å². The zero-order valence-electron chi connectivity index (χ0n) is 12.5. The SMILES string of the molecule is CCCC1CCC(NC(=O)CC2CSCCN2)CC1.Cl. The minimum Gasteiger partial charge on any atom is -0.353 e. The van der Waals surface area contributed by atoms with Crippen LogP contribution < -0.4 is 10.6 Å². The van der Waals surface area contributed by atoms with Crippen LogP contribution in [0.5, 0.6) is 0 Å². The second-order valence-electron chi connectivity index (χ2n) is 6.00. The van der Waals surface area contributed by atoms with E-state index in [9.17, 15) is 4.79 Å². The Bertz CT molecular complexity index is 277. The fourth-order valence-electron chi connectivity index (χ4n) is 3.26. The fraction of sp³-hybridized carbons (Fsp3) is 0.933. The third-order valence-electron chi connectivity index (χ3n) is 4.34. The van der Waals surface area contributed by atoms with Gasteiger partial charge < -0.3 is 10.6 Å². The van der Waals surface area contributed by atoms with Gasteiger partial charge in [0.05, 0.1) is 0 Å². The van der Waals surface area contributed by atoms with Gasteiger partial charge in [0.1, 0.15) is 0 Å². The molecule has 0 spiro atoms. The van der Waals surface area contributed by atoms with Crippen LogP contribution in [0, 0.1) is 5.92 Å². The summed E-state index contributed by atoms with van der Waals surface area (Å²) in [5.74, 6) is 3.42. The van der Waals surface area contributed by atoms with Crippen molar-refractivity contribution >= 4 is 30.1 Å². The van der Waals surface area contributed by atoms with E-state index in [2.05, 4.69) is 17.6 Å². The van der Waals surface area contributed by atoms with Crippen LogP contribution in [0.25, 0.3) is 0 Å². The summed E-state index contributed by atoms with van der Waals surface area (Å²) in [5.41, 5.74) is 0. The number of nitrogens with one attached hydrogen (secondary N) is 2. The number of rotatable bonds is 5. The van der Waals surface area contributed by atoms with Crippen molar-refractivity contribution in [3.05, 3.63) is 0 Å². The summed E-state index contributed by atoms with van der Waals surface area (Å²) in [4.78, 5) is 12.0. The van der Waals surface area contributed by atoms with Crippen molar-refractivity contribution in [2.24, 2.45) is 5.92 Å². The molecule has 5 heteroatoms. The fourth-order valence-corrected chi connectivity index (χ4v) is 4.21. The lowest BCUT2D eigenvalue weighted by molar-refractivity contribution is -0.122. The molecule has 0 aromatic rings. The van der Waals surface area contributed by atoms with Gasteiger partial charge in [0.2, 0.25) is 5.91 Å². The van der Waals surface area contributed by atoms with Gasteiger partial charge in [-0.15, -0.1) is 12.4 Å². The summed E-state index contributed by atoms with van der Waals surface area (Å²) < 4.78 is 0. The molecule has 0 aromatic carbocycles. The van der Waals surface area contributed by atoms with E-state index in [1.54, 1.807) is 0 Å². The Labute approximate surface area is 133 Å². The van der Waals surface area contributed by atoms with Crippen LogP contribution in [0.1, 0.15) is 51.9 Å². The van der Waals surface area contributed by atoms with Crippen LogP contribution in [-0.2, 0) is 4.79 Å². The second-order valence-corrected chi connectivity index (χ2v) is 7.15. The third-order valence-corrected chi connectivity index (χ3v) is 5.47. The van der Waals surface area contributed by atoms with Crippen molar-refractivity contribution in [3.63, 3.8) is 0 Å². The minimum absolute atomic E-state index is 0. The van der Waals surface area contributed by atoms with Crippen molar-refractivity contribution < 1.29 is 4.79 Å². The van der Waals surface area contributed by atoms with Gasteiger partial charge in [-0.3, -0.25) is 4.79 Å². The van der Waals surface area contributed by atoms with E-state index >= 15 is 0 Å². The summed E-state index contributed by atoms with van der Waals surface area (Å²) in [6.07, 6.45) is 8.29. The van der Waals surface area contributed by atoms with Gasteiger partial charge in [-0.05, 0) is 31.6 Å². The number of thioether (sulfide) groups is 1. The summed E-state index contributed by atoms with van der Waals surface area (Å²) in [5, 5.41) is 6.67. The first-order valence-corrected chi connectivity index (χ1v) is 9.04. The maximum absolute atomic E-state index is 12.0. The Balaban J connectivity index is 0.00000200. The molecule has 3 nitrogen and oxygen atoms in total. The van der Waals surface area contributed by atoms with Gasteiger partial charge >= 0.3 is 0 Å². The molecule has 1 heterocycles. The molecule has 1 aliphatic carbocycles. The number of carbonyl (C=O) groups excluding carboxylic acids is 1. The number of carbonyl (C=O) groups is 1. The highest BCUT2D eigenvalue weighted by atomic mass is 35.5. The maximum atomic E-state index is 12.0. The van der Waals surface area contributed by atoms with E-state index < -0.39 is 0 Å². The molecule has 1 saturated heterocycles. The topological polar surface area (TPSA) is 41.1 Å².